The Balaban J connectivity index is 3.47. The van der Waals surface area contributed by atoms with E-state index in [1.807, 2.05) is 6.07 Å². The molecule has 0 atom stereocenters. The number of nitriles is 1. The van der Waals surface area contributed by atoms with Crippen LogP contribution >= 0.6 is 11.6 Å². The van der Waals surface area contributed by atoms with Crippen LogP contribution in [0.4, 0.5) is 0 Å². The van der Waals surface area contributed by atoms with Crippen LogP contribution < -0.4 is 4.74 Å². The predicted octanol–water partition coefficient (Wildman–Crippen LogP) is 2.01. The number of rotatable bonds is 2. The van der Waals surface area contributed by atoms with E-state index in [0.29, 0.717) is 5.75 Å². The Morgan fingerprint density at radius 3 is 2.60 bits per heavy atom. The van der Waals surface area contributed by atoms with Crippen LogP contribution in [0.1, 0.15) is 15.9 Å². The lowest BCUT2D eigenvalue weighted by Gasteiger charge is -2.08. The summed E-state index contributed by atoms with van der Waals surface area (Å²) in [5, 5.41) is 9.07. The average molecular weight is 226 g/mol. The summed E-state index contributed by atoms with van der Waals surface area (Å²) in [6, 6.07) is 4.86. The normalized spacial score (nSPS) is 9.20. The molecule has 0 saturated heterocycles. The Bertz CT molecular complexity index is 437. The summed E-state index contributed by atoms with van der Waals surface area (Å²) >= 11 is 5.80. The lowest BCUT2D eigenvalue weighted by molar-refractivity contribution is 0.0600. The monoisotopic (exact) mass is 225 g/mol. The largest absolute Gasteiger partial charge is 0.495 e. The SMILES string of the molecule is COC(=O)c1c(Cl)ccc(OC)c1C#N. The van der Waals surface area contributed by atoms with Crippen molar-refractivity contribution in [1.29, 1.82) is 5.26 Å². The van der Waals surface area contributed by atoms with Gasteiger partial charge in [0.05, 0.1) is 24.8 Å². The van der Waals surface area contributed by atoms with Gasteiger partial charge in [0.15, 0.2) is 0 Å². The minimum absolute atomic E-state index is 0.0287. The van der Waals surface area contributed by atoms with E-state index in [9.17, 15) is 4.79 Å². The summed E-state index contributed by atoms with van der Waals surface area (Å²) in [5.41, 5.74) is 0.109. The first-order chi connectivity index (χ1) is 7.15. The van der Waals surface area contributed by atoms with Crippen molar-refractivity contribution in [3.05, 3.63) is 28.3 Å². The lowest BCUT2D eigenvalue weighted by atomic mass is 10.1. The van der Waals surface area contributed by atoms with Gasteiger partial charge in [0.2, 0.25) is 0 Å². The number of hydrogen-bond donors (Lipinski definition) is 0. The number of hydrogen-bond acceptors (Lipinski definition) is 4. The van der Waals surface area contributed by atoms with Crippen molar-refractivity contribution in [3.8, 4) is 11.8 Å². The molecule has 0 radical (unpaired) electrons. The second kappa shape index (κ2) is 4.67. The Hall–Kier alpha value is -1.73. The van der Waals surface area contributed by atoms with E-state index in [4.69, 9.17) is 21.6 Å². The summed E-state index contributed by atoms with van der Waals surface area (Å²) in [5.74, 6) is -0.363. The summed E-state index contributed by atoms with van der Waals surface area (Å²) in [6.07, 6.45) is 0. The van der Waals surface area contributed by atoms with Gasteiger partial charge in [0, 0.05) is 0 Å². The number of ether oxygens (including phenoxy) is 2. The first-order valence-electron chi connectivity index (χ1n) is 4.00. The maximum atomic E-state index is 11.4. The highest BCUT2D eigenvalue weighted by Crippen LogP contribution is 2.28. The zero-order valence-corrected chi connectivity index (χ0v) is 8.96. The van der Waals surface area contributed by atoms with Crippen molar-refractivity contribution < 1.29 is 14.3 Å². The topological polar surface area (TPSA) is 59.3 Å². The smallest absolute Gasteiger partial charge is 0.340 e. The van der Waals surface area contributed by atoms with E-state index in [1.54, 1.807) is 0 Å². The van der Waals surface area contributed by atoms with Gasteiger partial charge >= 0.3 is 5.97 Å². The van der Waals surface area contributed by atoms with Crippen LogP contribution in [-0.2, 0) is 4.74 Å². The van der Waals surface area contributed by atoms with Gasteiger partial charge in [-0.1, -0.05) is 11.6 Å². The van der Waals surface area contributed by atoms with Gasteiger partial charge in [0.25, 0.3) is 0 Å². The lowest BCUT2D eigenvalue weighted by Crippen LogP contribution is -2.06. The molecular formula is C10H8ClNO3. The van der Waals surface area contributed by atoms with Gasteiger partial charge in [-0.05, 0) is 12.1 Å². The molecule has 0 N–H and O–H groups in total. The summed E-state index contributed by atoms with van der Waals surface area (Å²) in [6.45, 7) is 0. The number of carbonyl (C=O) groups is 1. The molecule has 0 aliphatic heterocycles. The molecule has 0 unspecified atom stereocenters. The second-order valence-corrected chi connectivity index (χ2v) is 3.01. The molecule has 0 amide bonds. The fraction of sp³-hybridized carbons (Fsp3) is 0.200. The highest BCUT2D eigenvalue weighted by Gasteiger charge is 2.19. The molecule has 1 aromatic rings. The van der Waals surface area contributed by atoms with Gasteiger partial charge in [-0.3, -0.25) is 0 Å². The summed E-state index contributed by atoms with van der Waals surface area (Å²) in [7, 11) is 2.63. The second-order valence-electron chi connectivity index (χ2n) is 2.60. The Labute approximate surface area is 92.0 Å². The maximum absolute atomic E-state index is 11.4. The highest BCUT2D eigenvalue weighted by molar-refractivity contribution is 6.34. The quantitative estimate of drug-likeness (QED) is 0.723. The van der Waals surface area contributed by atoms with Crippen molar-refractivity contribution in [1.82, 2.24) is 0 Å². The third kappa shape index (κ3) is 2.03. The first kappa shape index (κ1) is 11.3. The van der Waals surface area contributed by atoms with Gasteiger partial charge in [-0.2, -0.15) is 5.26 Å². The van der Waals surface area contributed by atoms with Crippen LogP contribution in [0.25, 0.3) is 0 Å². The van der Waals surface area contributed by atoms with Crippen molar-refractivity contribution in [2.45, 2.75) is 0 Å². The minimum Gasteiger partial charge on any atom is -0.495 e. The number of carbonyl (C=O) groups excluding carboxylic acids is 1. The van der Waals surface area contributed by atoms with Crippen LogP contribution in [0.2, 0.25) is 5.02 Å². The maximum Gasteiger partial charge on any atom is 0.340 e. The molecule has 0 spiro atoms. The molecule has 5 heteroatoms. The molecule has 0 aliphatic rings. The van der Waals surface area contributed by atoms with Crippen LogP contribution in [0, 0.1) is 11.3 Å². The van der Waals surface area contributed by atoms with Gasteiger partial charge in [-0.15, -0.1) is 0 Å². The van der Waals surface area contributed by atoms with Crippen LogP contribution in [0.15, 0.2) is 12.1 Å². The molecule has 4 nitrogen and oxygen atoms in total. The van der Waals surface area contributed by atoms with Crippen molar-refractivity contribution in [3.63, 3.8) is 0 Å². The number of benzene rings is 1. The summed E-state index contributed by atoms with van der Waals surface area (Å²) < 4.78 is 9.47. The number of esters is 1. The number of halogens is 1. The van der Waals surface area contributed by atoms with E-state index in [-0.39, 0.29) is 16.1 Å². The molecule has 78 valence electrons. The first-order valence-corrected chi connectivity index (χ1v) is 4.38. The minimum atomic E-state index is -0.657. The van der Waals surface area contributed by atoms with Crippen molar-refractivity contribution in [2.24, 2.45) is 0 Å². The summed E-state index contributed by atoms with van der Waals surface area (Å²) in [4.78, 5) is 11.4. The third-order valence-corrected chi connectivity index (χ3v) is 2.15. The average Bonchev–Trinajstić information content (AvgIpc) is 2.27. The standard InChI is InChI=1S/C10H8ClNO3/c1-14-8-4-3-7(11)9(6(8)5-12)10(13)15-2/h3-4H,1-2H3. The zero-order chi connectivity index (χ0) is 11.4. The fourth-order valence-electron chi connectivity index (χ4n) is 1.14. The molecule has 0 fully saturated rings. The predicted molar refractivity (Wildman–Crippen MR) is 54.1 cm³/mol. The molecule has 0 heterocycles. The van der Waals surface area contributed by atoms with E-state index in [2.05, 4.69) is 4.74 Å². The van der Waals surface area contributed by atoms with Crippen LogP contribution in [0.5, 0.6) is 5.75 Å². The zero-order valence-electron chi connectivity index (χ0n) is 8.20. The number of methoxy groups -OCH3 is 2. The van der Waals surface area contributed by atoms with Gasteiger partial charge in [-0.25, -0.2) is 4.79 Å². The van der Waals surface area contributed by atoms with Gasteiger partial charge in [0.1, 0.15) is 17.4 Å². The van der Waals surface area contributed by atoms with E-state index < -0.39 is 5.97 Å². The van der Waals surface area contributed by atoms with E-state index in [1.165, 1.54) is 26.4 Å². The number of nitrogens with zero attached hydrogens (tertiary/aromatic N) is 1. The molecular weight excluding hydrogens is 218 g/mol. The molecule has 15 heavy (non-hydrogen) atoms. The Morgan fingerprint density at radius 2 is 2.13 bits per heavy atom. The van der Waals surface area contributed by atoms with E-state index >= 15 is 0 Å². The highest BCUT2D eigenvalue weighted by atomic mass is 35.5. The fourth-order valence-corrected chi connectivity index (χ4v) is 1.38. The van der Waals surface area contributed by atoms with Gasteiger partial charge < -0.3 is 9.47 Å². The van der Waals surface area contributed by atoms with E-state index in [0.717, 1.165) is 0 Å². The Kier molecular flexibility index (Phi) is 3.53. The molecule has 0 aromatic heterocycles. The molecule has 1 rings (SSSR count). The molecule has 0 bridgehead atoms. The van der Waals surface area contributed by atoms with Crippen molar-refractivity contribution >= 4 is 17.6 Å². The molecule has 0 saturated carbocycles. The van der Waals surface area contributed by atoms with Crippen LogP contribution in [0.3, 0.4) is 0 Å². The van der Waals surface area contributed by atoms with Crippen LogP contribution in [-0.4, -0.2) is 20.2 Å². The third-order valence-electron chi connectivity index (χ3n) is 1.84. The Morgan fingerprint density at radius 1 is 1.47 bits per heavy atom. The molecule has 0 aliphatic carbocycles. The molecule has 1 aromatic carbocycles. The van der Waals surface area contributed by atoms with Crippen molar-refractivity contribution in [2.75, 3.05) is 14.2 Å².